The molecule has 156 valence electrons. The second-order valence-electron chi connectivity index (χ2n) is 8.39. The fraction of sp³-hybridized carbons (Fsp3) is 0.417. The molecule has 0 saturated carbocycles. The molecular weight excluding hydrogens is 376 g/mol. The molecule has 2 aromatic carbocycles. The first-order chi connectivity index (χ1) is 14.7. The lowest BCUT2D eigenvalue weighted by molar-refractivity contribution is -0.126. The average molecular weight is 405 g/mol. The highest BCUT2D eigenvalue weighted by Crippen LogP contribution is 2.32. The first-order valence-electron chi connectivity index (χ1n) is 10.8. The zero-order valence-electron chi connectivity index (χ0n) is 17.4. The SMILES string of the molecule is CC1CC(c2nc3ccc(N4CCOCC4)cc3n2Cc2ccccc2)CNC1=O. The Balaban J connectivity index is 1.57. The van der Waals surface area contributed by atoms with Crippen LogP contribution in [0, 0.1) is 5.92 Å². The number of aromatic nitrogens is 2. The van der Waals surface area contributed by atoms with Crippen LogP contribution >= 0.6 is 0 Å². The monoisotopic (exact) mass is 404 g/mol. The molecule has 1 aromatic heterocycles. The molecule has 6 nitrogen and oxygen atoms in total. The Morgan fingerprint density at radius 3 is 2.70 bits per heavy atom. The maximum absolute atomic E-state index is 12.0. The second-order valence-corrected chi connectivity index (χ2v) is 8.39. The van der Waals surface area contributed by atoms with Crippen LogP contribution in [0.5, 0.6) is 0 Å². The highest BCUT2D eigenvalue weighted by atomic mass is 16.5. The number of rotatable bonds is 4. The molecule has 0 aliphatic carbocycles. The van der Waals surface area contributed by atoms with E-state index < -0.39 is 0 Å². The van der Waals surface area contributed by atoms with E-state index in [0.717, 1.165) is 56.1 Å². The van der Waals surface area contributed by atoms with Crippen LogP contribution in [0.3, 0.4) is 0 Å². The van der Waals surface area contributed by atoms with E-state index in [2.05, 4.69) is 57.2 Å². The number of nitrogens with zero attached hydrogens (tertiary/aromatic N) is 3. The van der Waals surface area contributed by atoms with E-state index in [0.29, 0.717) is 6.54 Å². The molecule has 0 spiro atoms. The third-order valence-electron chi connectivity index (χ3n) is 6.29. The van der Waals surface area contributed by atoms with Crippen LogP contribution < -0.4 is 10.2 Å². The quantitative estimate of drug-likeness (QED) is 0.726. The van der Waals surface area contributed by atoms with E-state index in [-0.39, 0.29) is 17.7 Å². The van der Waals surface area contributed by atoms with Crippen molar-refractivity contribution >= 4 is 22.6 Å². The molecule has 2 saturated heterocycles. The van der Waals surface area contributed by atoms with Gasteiger partial charge in [0.15, 0.2) is 0 Å². The average Bonchev–Trinajstić information content (AvgIpc) is 3.14. The lowest BCUT2D eigenvalue weighted by Crippen LogP contribution is -2.40. The summed E-state index contributed by atoms with van der Waals surface area (Å²) in [7, 11) is 0. The summed E-state index contributed by atoms with van der Waals surface area (Å²) in [5, 5.41) is 3.06. The summed E-state index contributed by atoms with van der Waals surface area (Å²) in [5.41, 5.74) is 4.64. The number of nitrogens with one attached hydrogen (secondary N) is 1. The lowest BCUT2D eigenvalue weighted by atomic mass is 9.90. The maximum Gasteiger partial charge on any atom is 0.222 e. The van der Waals surface area contributed by atoms with Crippen molar-refractivity contribution in [3.05, 3.63) is 59.9 Å². The van der Waals surface area contributed by atoms with Gasteiger partial charge in [0.2, 0.25) is 5.91 Å². The molecule has 2 fully saturated rings. The van der Waals surface area contributed by atoms with Crippen molar-refractivity contribution in [2.45, 2.75) is 25.8 Å². The number of ether oxygens (including phenoxy) is 1. The number of anilines is 1. The van der Waals surface area contributed by atoms with Gasteiger partial charge in [-0.05, 0) is 30.2 Å². The minimum atomic E-state index is 0.0117. The van der Waals surface area contributed by atoms with Gasteiger partial charge in [-0.1, -0.05) is 37.3 Å². The van der Waals surface area contributed by atoms with Gasteiger partial charge >= 0.3 is 0 Å². The topological polar surface area (TPSA) is 59.4 Å². The van der Waals surface area contributed by atoms with Crippen molar-refractivity contribution in [2.24, 2.45) is 5.92 Å². The van der Waals surface area contributed by atoms with E-state index >= 15 is 0 Å². The Bertz CT molecular complexity index is 1040. The highest BCUT2D eigenvalue weighted by molar-refractivity contribution is 5.82. The number of carbonyl (C=O) groups excluding carboxylic acids is 1. The molecule has 1 amide bonds. The number of hydrogen-bond acceptors (Lipinski definition) is 4. The van der Waals surface area contributed by atoms with E-state index in [1.807, 2.05) is 13.0 Å². The summed E-state index contributed by atoms with van der Waals surface area (Å²) in [4.78, 5) is 19.4. The number of morpholine rings is 1. The number of hydrogen-bond donors (Lipinski definition) is 1. The number of carbonyl (C=O) groups is 1. The minimum absolute atomic E-state index is 0.0117. The molecule has 1 N–H and O–H groups in total. The second kappa shape index (κ2) is 8.11. The van der Waals surface area contributed by atoms with Crippen LogP contribution in [-0.2, 0) is 16.1 Å². The third kappa shape index (κ3) is 3.67. The van der Waals surface area contributed by atoms with E-state index in [1.165, 1.54) is 11.3 Å². The van der Waals surface area contributed by atoms with Gasteiger partial charge in [0.1, 0.15) is 5.82 Å². The fourth-order valence-electron chi connectivity index (χ4n) is 4.60. The van der Waals surface area contributed by atoms with E-state index in [1.54, 1.807) is 0 Å². The van der Waals surface area contributed by atoms with Crippen LogP contribution in [0.4, 0.5) is 5.69 Å². The Hall–Kier alpha value is -2.86. The molecule has 3 heterocycles. The Morgan fingerprint density at radius 1 is 1.13 bits per heavy atom. The van der Waals surface area contributed by atoms with Gasteiger partial charge in [-0.3, -0.25) is 4.79 Å². The number of fused-ring (bicyclic) bond motifs is 1. The van der Waals surface area contributed by atoms with E-state index in [4.69, 9.17) is 9.72 Å². The van der Waals surface area contributed by atoms with Crippen LogP contribution in [0.15, 0.2) is 48.5 Å². The smallest absolute Gasteiger partial charge is 0.222 e. The molecule has 2 aliphatic heterocycles. The standard InChI is InChI=1S/C24H28N4O2/c1-17-13-19(15-25-24(17)29)23-26-21-8-7-20(27-9-11-30-12-10-27)14-22(21)28(23)16-18-5-3-2-4-6-18/h2-8,14,17,19H,9-13,15-16H2,1H3,(H,25,29). The first-order valence-corrected chi connectivity index (χ1v) is 10.8. The van der Waals surface area contributed by atoms with Gasteiger partial charge in [-0.25, -0.2) is 4.98 Å². The predicted octanol–water partition coefficient (Wildman–Crippen LogP) is 3.16. The maximum atomic E-state index is 12.0. The zero-order chi connectivity index (χ0) is 20.5. The summed E-state index contributed by atoms with van der Waals surface area (Å²) >= 11 is 0. The summed E-state index contributed by atoms with van der Waals surface area (Å²) in [6, 6.07) is 17.1. The van der Waals surface area contributed by atoms with Crippen molar-refractivity contribution in [3.63, 3.8) is 0 Å². The van der Waals surface area contributed by atoms with Crippen molar-refractivity contribution in [2.75, 3.05) is 37.7 Å². The number of piperidine rings is 1. The van der Waals surface area contributed by atoms with Gasteiger partial charge in [0, 0.05) is 43.7 Å². The number of benzene rings is 2. The fourth-order valence-corrected chi connectivity index (χ4v) is 4.60. The van der Waals surface area contributed by atoms with Gasteiger partial charge in [-0.15, -0.1) is 0 Å². The van der Waals surface area contributed by atoms with Crippen LogP contribution in [0.2, 0.25) is 0 Å². The molecule has 2 atom stereocenters. The van der Waals surface area contributed by atoms with Crippen molar-refractivity contribution < 1.29 is 9.53 Å². The summed E-state index contributed by atoms with van der Waals surface area (Å²) in [5.74, 6) is 1.45. The van der Waals surface area contributed by atoms with Crippen molar-refractivity contribution in [3.8, 4) is 0 Å². The summed E-state index contributed by atoms with van der Waals surface area (Å²) in [6.07, 6.45) is 0.834. The normalized spacial score (nSPS) is 22.3. The molecule has 6 heteroatoms. The van der Waals surface area contributed by atoms with Crippen molar-refractivity contribution in [1.29, 1.82) is 0 Å². The van der Waals surface area contributed by atoms with Gasteiger partial charge < -0.3 is 19.5 Å². The third-order valence-corrected chi connectivity index (χ3v) is 6.29. The largest absolute Gasteiger partial charge is 0.378 e. The van der Waals surface area contributed by atoms with E-state index in [9.17, 15) is 4.79 Å². The summed E-state index contributed by atoms with van der Waals surface area (Å²) < 4.78 is 7.87. The zero-order valence-corrected chi connectivity index (χ0v) is 17.4. The highest BCUT2D eigenvalue weighted by Gasteiger charge is 2.30. The molecule has 30 heavy (non-hydrogen) atoms. The molecular formula is C24H28N4O2. The van der Waals surface area contributed by atoms with Gasteiger partial charge in [-0.2, -0.15) is 0 Å². The number of amides is 1. The molecule has 3 aromatic rings. The Labute approximate surface area is 176 Å². The molecule has 0 radical (unpaired) electrons. The lowest BCUT2D eigenvalue weighted by Gasteiger charge is -2.29. The van der Waals surface area contributed by atoms with Crippen LogP contribution in [0.1, 0.15) is 30.7 Å². The molecule has 0 bridgehead atoms. The minimum Gasteiger partial charge on any atom is -0.378 e. The molecule has 2 aliphatic rings. The number of imidazole rings is 1. The van der Waals surface area contributed by atoms with Crippen LogP contribution in [-0.4, -0.2) is 48.3 Å². The van der Waals surface area contributed by atoms with Gasteiger partial charge in [0.05, 0.1) is 24.2 Å². The first kappa shape index (κ1) is 19.1. The Kier molecular flexibility index (Phi) is 5.17. The van der Waals surface area contributed by atoms with Crippen LogP contribution in [0.25, 0.3) is 11.0 Å². The predicted molar refractivity (Wildman–Crippen MR) is 118 cm³/mol. The van der Waals surface area contributed by atoms with Gasteiger partial charge in [0.25, 0.3) is 0 Å². The Morgan fingerprint density at radius 2 is 1.93 bits per heavy atom. The summed E-state index contributed by atoms with van der Waals surface area (Å²) in [6.45, 7) is 6.80. The van der Waals surface area contributed by atoms with Crippen molar-refractivity contribution in [1.82, 2.24) is 14.9 Å². The molecule has 5 rings (SSSR count). The molecule has 2 unspecified atom stereocenters.